The van der Waals surface area contributed by atoms with Crippen molar-refractivity contribution in [3.63, 3.8) is 0 Å². The van der Waals surface area contributed by atoms with E-state index < -0.39 is 0 Å². The van der Waals surface area contributed by atoms with Gasteiger partial charge >= 0.3 is 0 Å². The molecule has 218 valence electrons. The van der Waals surface area contributed by atoms with Crippen LogP contribution in [0.25, 0.3) is 5.65 Å². The predicted molar refractivity (Wildman–Crippen MR) is 161 cm³/mol. The van der Waals surface area contributed by atoms with E-state index in [4.69, 9.17) is 5.10 Å². The normalized spacial score (nSPS) is 23.3. The SMILES string of the molecule is O=c1c(C2CCCCCCC2)c(O)[nH]c2c(C3CCCCCCCC3)c(C3CCCCCCCCCC3)nn12. The highest BCUT2D eigenvalue weighted by Gasteiger charge is 2.31. The quantitative estimate of drug-likeness (QED) is 0.409. The molecule has 0 spiro atoms. The van der Waals surface area contributed by atoms with Gasteiger partial charge in [0.2, 0.25) is 0 Å². The topological polar surface area (TPSA) is 70.4 Å². The van der Waals surface area contributed by atoms with Crippen LogP contribution in [0.5, 0.6) is 5.88 Å². The summed E-state index contributed by atoms with van der Waals surface area (Å²) in [5.41, 5.74) is 3.83. The second-order valence-corrected chi connectivity index (χ2v) is 13.3. The fourth-order valence-electron chi connectivity index (χ4n) is 8.11. The van der Waals surface area contributed by atoms with Gasteiger partial charge in [-0.2, -0.15) is 9.61 Å². The molecule has 39 heavy (non-hydrogen) atoms. The number of rotatable bonds is 3. The molecule has 5 heteroatoms. The van der Waals surface area contributed by atoms with Crippen LogP contribution in [0.4, 0.5) is 0 Å². The molecule has 2 aromatic heterocycles. The number of aromatic nitrogens is 3. The minimum atomic E-state index is -0.0564. The molecule has 0 amide bonds. The largest absolute Gasteiger partial charge is 0.494 e. The second kappa shape index (κ2) is 14.7. The second-order valence-electron chi connectivity index (χ2n) is 13.3. The Hall–Kier alpha value is -1.78. The maximum Gasteiger partial charge on any atom is 0.281 e. The molecule has 0 unspecified atom stereocenters. The Morgan fingerprint density at radius 2 is 0.897 bits per heavy atom. The average Bonchev–Trinajstić information content (AvgIpc) is 3.31. The molecule has 0 radical (unpaired) electrons. The molecule has 0 bridgehead atoms. The Morgan fingerprint density at radius 3 is 1.33 bits per heavy atom. The van der Waals surface area contributed by atoms with Crippen molar-refractivity contribution >= 4 is 5.65 Å². The van der Waals surface area contributed by atoms with E-state index in [2.05, 4.69) is 4.98 Å². The van der Waals surface area contributed by atoms with Gasteiger partial charge in [0.1, 0.15) is 5.65 Å². The van der Waals surface area contributed by atoms with Crippen LogP contribution in [0, 0.1) is 0 Å². The minimum Gasteiger partial charge on any atom is -0.494 e. The van der Waals surface area contributed by atoms with Gasteiger partial charge in [0.15, 0.2) is 5.88 Å². The first-order valence-corrected chi connectivity index (χ1v) is 17.1. The van der Waals surface area contributed by atoms with Crippen molar-refractivity contribution in [2.75, 3.05) is 0 Å². The van der Waals surface area contributed by atoms with Crippen LogP contribution >= 0.6 is 0 Å². The molecule has 3 fully saturated rings. The van der Waals surface area contributed by atoms with Crippen LogP contribution in [0.1, 0.15) is 195 Å². The third-order valence-corrected chi connectivity index (χ3v) is 10.4. The molecule has 3 aliphatic carbocycles. The molecule has 2 heterocycles. The van der Waals surface area contributed by atoms with E-state index in [0.717, 1.165) is 31.3 Å². The Bertz CT molecular complexity index is 1060. The van der Waals surface area contributed by atoms with Crippen molar-refractivity contribution in [1.82, 2.24) is 14.6 Å². The first-order valence-electron chi connectivity index (χ1n) is 17.1. The number of fused-ring (bicyclic) bond motifs is 1. The van der Waals surface area contributed by atoms with E-state index in [0.29, 0.717) is 17.4 Å². The first kappa shape index (κ1) is 28.7. The van der Waals surface area contributed by atoms with E-state index in [9.17, 15) is 9.90 Å². The van der Waals surface area contributed by atoms with Gasteiger partial charge in [-0.25, -0.2) is 0 Å². The Labute approximate surface area is 236 Å². The van der Waals surface area contributed by atoms with E-state index in [1.54, 1.807) is 4.52 Å². The summed E-state index contributed by atoms with van der Waals surface area (Å²) in [6.45, 7) is 0. The van der Waals surface area contributed by atoms with E-state index >= 15 is 0 Å². The highest BCUT2D eigenvalue weighted by Crippen LogP contribution is 2.41. The van der Waals surface area contributed by atoms with Gasteiger partial charge in [-0.3, -0.25) is 4.79 Å². The summed E-state index contributed by atoms with van der Waals surface area (Å²) < 4.78 is 1.72. The van der Waals surface area contributed by atoms with Gasteiger partial charge in [0, 0.05) is 11.5 Å². The molecule has 0 aliphatic heterocycles. The molecule has 2 N–H and O–H groups in total. The summed E-state index contributed by atoms with van der Waals surface area (Å²) in [4.78, 5) is 17.6. The third kappa shape index (κ3) is 7.30. The molecule has 3 saturated carbocycles. The molecule has 0 atom stereocenters. The van der Waals surface area contributed by atoms with Gasteiger partial charge in [0.05, 0.1) is 11.3 Å². The number of aromatic amines is 1. The average molecular weight is 538 g/mol. The lowest BCUT2D eigenvalue weighted by Crippen LogP contribution is -2.23. The lowest BCUT2D eigenvalue weighted by molar-refractivity contribution is 0.407. The van der Waals surface area contributed by atoms with Crippen molar-refractivity contribution in [1.29, 1.82) is 0 Å². The fourth-order valence-corrected chi connectivity index (χ4v) is 8.11. The number of hydrogen-bond acceptors (Lipinski definition) is 3. The lowest BCUT2D eigenvalue weighted by atomic mass is 9.83. The van der Waals surface area contributed by atoms with Gasteiger partial charge in [-0.1, -0.05) is 122 Å². The molecule has 5 rings (SSSR count). The third-order valence-electron chi connectivity index (χ3n) is 10.4. The Kier molecular flexibility index (Phi) is 10.9. The van der Waals surface area contributed by atoms with Crippen molar-refractivity contribution in [2.24, 2.45) is 0 Å². The molecule has 2 aromatic rings. The fraction of sp³-hybridized carbons (Fsp3) is 0.824. The van der Waals surface area contributed by atoms with Crippen molar-refractivity contribution in [3.8, 4) is 5.88 Å². The summed E-state index contributed by atoms with van der Waals surface area (Å²) in [7, 11) is 0. The van der Waals surface area contributed by atoms with Crippen LogP contribution in [0.3, 0.4) is 0 Å². The molecular weight excluding hydrogens is 482 g/mol. The van der Waals surface area contributed by atoms with Crippen LogP contribution in [-0.4, -0.2) is 19.7 Å². The summed E-state index contributed by atoms with van der Waals surface area (Å²) in [5, 5.41) is 16.6. The van der Waals surface area contributed by atoms with E-state index in [-0.39, 0.29) is 17.4 Å². The monoisotopic (exact) mass is 537 g/mol. The molecule has 3 aliphatic rings. The number of aromatic hydroxyl groups is 1. The van der Waals surface area contributed by atoms with Gasteiger partial charge in [0.25, 0.3) is 5.56 Å². The molecule has 0 aromatic carbocycles. The number of nitrogens with zero attached hydrogens (tertiary/aromatic N) is 2. The first-order chi connectivity index (χ1) is 19.2. The summed E-state index contributed by atoms with van der Waals surface area (Å²) in [6.07, 6.45) is 31.2. The smallest absolute Gasteiger partial charge is 0.281 e. The highest BCUT2D eigenvalue weighted by atomic mass is 16.3. The number of H-pyrrole nitrogens is 1. The van der Waals surface area contributed by atoms with Gasteiger partial charge in [-0.15, -0.1) is 0 Å². The zero-order valence-electron chi connectivity index (χ0n) is 24.7. The zero-order chi connectivity index (χ0) is 26.9. The maximum atomic E-state index is 14.1. The molecule has 0 saturated heterocycles. The predicted octanol–water partition coefficient (Wildman–Crippen LogP) is 9.77. The minimum absolute atomic E-state index is 0.0564. The zero-order valence-corrected chi connectivity index (χ0v) is 24.7. The summed E-state index contributed by atoms with van der Waals surface area (Å²) in [5.74, 6) is 1.11. The van der Waals surface area contributed by atoms with Crippen molar-refractivity contribution in [3.05, 3.63) is 27.2 Å². The Morgan fingerprint density at radius 1 is 0.538 bits per heavy atom. The van der Waals surface area contributed by atoms with Crippen LogP contribution in [0.15, 0.2) is 4.79 Å². The number of hydrogen-bond donors (Lipinski definition) is 2. The van der Waals surface area contributed by atoms with Crippen LogP contribution in [-0.2, 0) is 0 Å². The Balaban J connectivity index is 1.58. The molecule has 5 nitrogen and oxygen atoms in total. The van der Waals surface area contributed by atoms with Crippen molar-refractivity contribution < 1.29 is 5.11 Å². The van der Waals surface area contributed by atoms with Crippen molar-refractivity contribution in [2.45, 2.75) is 178 Å². The standard InChI is InChI=1S/C34H55N3O2/c38-33-30(27-22-16-12-7-13-17-23-27)34(39)37-32(35-33)29(26-20-14-8-5-6-9-15-21-26)31(36-37)28-24-18-10-3-1-2-4-11-19-25-28/h26-28,35,38H,1-25H2. The van der Waals surface area contributed by atoms with Crippen LogP contribution in [0.2, 0.25) is 0 Å². The molecular formula is C34H55N3O2. The lowest BCUT2D eigenvalue weighted by Gasteiger charge is -2.22. The van der Waals surface area contributed by atoms with E-state index in [1.807, 2.05) is 0 Å². The van der Waals surface area contributed by atoms with Gasteiger partial charge in [-0.05, 0) is 50.4 Å². The maximum absolute atomic E-state index is 14.1. The highest BCUT2D eigenvalue weighted by molar-refractivity contribution is 5.55. The van der Waals surface area contributed by atoms with Crippen LogP contribution < -0.4 is 5.56 Å². The van der Waals surface area contributed by atoms with E-state index in [1.165, 1.54) is 146 Å². The number of nitrogens with one attached hydrogen (secondary N) is 1. The summed E-state index contributed by atoms with van der Waals surface area (Å²) >= 11 is 0. The summed E-state index contributed by atoms with van der Waals surface area (Å²) in [6, 6.07) is 0. The van der Waals surface area contributed by atoms with Gasteiger partial charge < -0.3 is 10.1 Å².